The van der Waals surface area contributed by atoms with Crippen LogP contribution in [0.15, 0.2) is 5.29 Å². The van der Waals surface area contributed by atoms with Gasteiger partial charge in [0.1, 0.15) is 6.54 Å². The second-order valence-corrected chi connectivity index (χ2v) is 3.85. The quantitative estimate of drug-likeness (QED) is 0.590. The van der Waals surface area contributed by atoms with E-state index in [2.05, 4.69) is 5.29 Å². The first-order valence-electron chi connectivity index (χ1n) is 5.05. The molecule has 0 unspecified atom stereocenters. The summed E-state index contributed by atoms with van der Waals surface area (Å²) in [5, 5.41) is 4.64. The molecule has 1 saturated heterocycles. The number of nitrogens with two attached hydrogens (primary N) is 1. The van der Waals surface area contributed by atoms with Crippen LogP contribution in [0.2, 0.25) is 0 Å². The minimum Gasteiger partial charge on any atom is -0.368 e. The number of hydrazine groups is 1. The summed E-state index contributed by atoms with van der Waals surface area (Å²) in [5.74, 6) is -2.12. The summed E-state index contributed by atoms with van der Waals surface area (Å²) in [6, 6.07) is 0. The van der Waals surface area contributed by atoms with Crippen molar-refractivity contribution in [2.45, 2.75) is 19.0 Å². The molecule has 2 N–H and O–H groups in total. The van der Waals surface area contributed by atoms with Crippen molar-refractivity contribution in [3.63, 3.8) is 0 Å². The number of carbonyl (C=O) groups excluding carboxylic acids is 1. The van der Waals surface area contributed by atoms with Crippen molar-refractivity contribution in [1.29, 1.82) is 0 Å². The zero-order chi connectivity index (χ0) is 13.1. The van der Waals surface area contributed by atoms with Crippen LogP contribution in [-0.4, -0.2) is 41.8 Å². The number of nitrogens with zero attached hydrogens (tertiary/aromatic N) is 3. The van der Waals surface area contributed by atoms with Crippen LogP contribution in [0.4, 0.5) is 13.2 Å². The van der Waals surface area contributed by atoms with E-state index < -0.39 is 24.5 Å². The van der Waals surface area contributed by atoms with Gasteiger partial charge >= 0.3 is 6.18 Å². The molecule has 6 nitrogen and oxygen atoms in total. The maximum atomic E-state index is 12.4. The Kier molecular flexibility index (Phi) is 4.27. The van der Waals surface area contributed by atoms with Crippen molar-refractivity contribution in [2.24, 2.45) is 16.9 Å². The zero-order valence-electron chi connectivity index (χ0n) is 8.98. The van der Waals surface area contributed by atoms with Gasteiger partial charge in [0.25, 0.3) is 0 Å². The van der Waals surface area contributed by atoms with Gasteiger partial charge in [0.15, 0.2) is 0 Å². The number of rotatable bonds is 4. The monoisotopic (exact) mass is 254 g/mol. The van der Waals surface area contributed by atoms with Crippen LogP contribution in [0.1, 0.15) is 12.8 Å². The molecule has 0 saturated carbocycles. The molecule has 1 rings (SSSR count). The summed E-state index contributed by atoms with van der Waals surface area (Å²) >= 11 is 0. The Hall–Kier alpha value is -1.38. The van der Waals surface area contributed by atoms with Gasteiger partial charge in [0.05, 0.1) is 11.2 Å². The van der Waals surface area contributed by atoms with Crippen LogP contribution in [0.5, 0.6) is 0 Å². The number of alkyl halides is 3. The second-order valence-electron chi connectivity index (χ2n) is 3.85. The van der Waals surface area contributed by atoms with Gasteiger partial charge in [-0.3, -0.25) is 4.79 Å². The fraction of sp³-hybridized carbons (Fsp3) is 0.875. The highest BCUT2D eigenvalue weighted by molar-refractivity contribution is 5.75. The van der Waals surface area contributed by atoms with Gasteiger partial charge in [-0.25, -0.2) is 5.01 Å². The number of halogens is 3. The average molecular weight is 254 g/mol. The second kappa shape index (κ2) is 5.30. The van der Waals surface area contributed by atoms with E-state index in [-0.39, 0.29) is 25.9 Å². The lowest BCUT2D eigenvalue weighted by atomic mass is 9.97. The number of amides is 1. The Morgan fingerprint density at radius 1 is 1.41 bits per heavy atom. The van der Waals surface area contributed by atoms with E-state index in [1.165, 1.54) is 5.01 Å². The molecule has 0 bridgehead atoms. The maximum Gasteiger partial charge on any atom is 0.391 e. The van der Waals surface area contributed by atoms with Gasteiger partial charge in [0.2, 0.25) is 5.91 Å². The first-order chi connectivity index (χ1) is 7.84. The summed E-state index contributed by atoms with van der Waals surface area (Å²) in [4.78, 5) is 21.0. The molecular formula is C8H13F3N4O2. The Morgan fingerprint density at radius 3 is 2.29 bits per heavy atom. The predicted octanol–water partition coefficient (Wildman–Crippen LogP) is 0.644. The molecule has 1 heterocycles. The van der Waals surface area contributed by atoms with Crippen molar-refractivity contribution in [2.75, 3.05) is 19.6 Å². The minimum atomic E-state index is -4.21. The molecule has 1 fully saturated rings. The van der Waals surface area contributed by atoms with Crippen LogP contribution in [0, 0.1) is 10.8 Å². The summed E-state index contributed by atoms with van der Waals surface area (Å²) in [6.07, 6.45) is -4.45. The zero-order valence-corrected chi connectivity index (χ0v) is 8.98. The molecule has 9 heteroatoms. The number of piperidine rings is 1. The fourth-order valence-corrected chi connectivity index (χ4v) is 1.74. The van der Waals surface area contributed by atoms with Gasteiger partial charge in [-0.2, -0.15) is 18.3 Å². The van der Waals surface area contributed by atoms with Crippen LogP contribution < -0.4 is 5.73 Å². The molecule has 98 valence electrons. The first-order valence-corrected chi connectivity index (χ1v) is 5.05. The summed E-state index contributed by atoms with van der Waals surface area (Å²) < 4.78 is 37.1. The molecule has 0 aromatic rings. The number of hydrogen-bond donors (Lipinski definition) is 1. The number of nitroso groups, excluding NO2 is 1. The Bertz CT molecular complexity index is 289. The molecule has 17 heavy (non-hydrogen) atoms. The summed E-state index contributed by atoms with van der Waals surface area (Å²) in [6.45, 7) is -0.355. The van der Waals surface area contributed by atoms with Gasteiger partial charge in [-0.15, -0.1) is 4.91 Å². The lowest BCUT2D eigenvalue weighted by molar-refractivity contribution is -0.194. The highest BCUT2D eigenvalue weighted by atomic mass is 19.4. The lowest BCUT2D eigenvalue weighted by Crippen LogP contribution is -2.48. The van der Waals surface area contributed by atoms with Gasteiger partial charge in [-0.1, -0.05) is 0 Å². The fourth-order valence-electron chi connectivity index (χ4n) is 1.74. The van der Waals surface area contributed by atoms with Crippen molar-refractivity contribution in [3.8, 4) is 0 Å². The van der Waals surface area contributed by atoms with E-state index in [0.717, 1.165) is 5.12 Å². The number of carbonyl (C=O) groups is 1. The molecular weight excluding hydrogens is 241 g/mol. The topological polar surface area (TPSA) is 79.0 Å². The molecule has 1 aliphatic rings. The third-order valence-corrected chi connectivity index (χ3v) is 2.65. The molecule has 0 aromatic carbocycles. The smallest absolute Gasteiger partial charge is 0.368 e. The van der Waals surface area contributed by atoms with E-state index >= 15 is 0 Å². The van der Waals surface area contributed by atoms with E-state index in [0.29, 0.717) is 0 Å². The Morgan fingerprint density at radius 2 is 1.94 bits per heavy atom. The summed E-state index contributed by atoms with van der Waals surface area (Å²) in [7, 11) is 0. The molecule has 0 spiro atoms. The van der Waals surface area contributed by atoms with Gasteiger partial charge in [-0.05, 0) is 12.8 Å². The van der Waals surface area contributed by atoms with Crippen LogP contribution in [-0.2, 0) is 4.79 Å². The third-order valence-electron chi connectivity index (χ3n) is 2.65. The molecule has 0 aromatic heterocycles. The SMILES string of the molecule is NC(=O)CN(N=O)N1CCC(C(F)(F)F)CC1. The Balaban J connectivity index is 2.50. The van der Waals surface area contributed by atoms with Crippen molar-refractivity contribution < 1.29 is 18.0 Å². The van der Waals surface area contributed by atoms with E-state index in [9.17, 15) is 22.9 Å². The number of hydrogen-bond acceptors (Lipinski definition) is 4. The highest BCUT2D eigenvalue weighted by Crippen LogP contribution is 2.34. The van der Waals surface area contributed by atoms with Gasteiger partial charge in [0, 0.05) is 13.1 Å². The molecule has 1 amide bonds. The van der Waals surface area contributed by atoms with E-state index in [1.807, 2.05) is 0 Å². The maximum absolute atomic E-state index is 12.4. The molecule has 0 atom stereocenters. The van der Waals surface area contributed by atoms with E-state index in [4.69, 9.17) is 5.73 Å². The largest absolute Gasteiger partial charge is 0.391 e. The van der Waals surface area contributed by atoms with Crippen LogP contribution in [0.25, 0.3) is 0 Å². The average Bonchev–Trinajstić information content (AvgIpc) is 2.24. The Labute approximate surface area is 95.4 Å². The number of primary amides is 1. The van der Waals surface area contributed by atoms with E-state index in [1.54, 1.807) is 0 Å². The van der Waals surface area contributed by atoms with Crippen molar-refractivity contribution in [3.05, 3.63) is 4.91 Å². The van der Waals surface area contributed by atoms with Crippen molar-refractivity contribution in [1.82, 2.24) is 10.1 Å². The van der Waals surface area contributed by atoms with Crippen molar-refractivity contribution >= 4 is 5.91 Å². The lowest BCUT2D eigenvalue weighted by Gasteiger charge is -2.36. The summed E-state index contributed by atoms with van der Waals surface area (Å²) in [5.41, 5.74) is 4.89. The first kappa shape index (κ1) is 13.7. The van der Waals surface area contributed by atoms with Crippen LogP contribution >= 0.6 is 0 Å². The van der Waals surface area contributed by atoms with Crippen LogP contribution in [0.3, 0.4) is 0 Å². The molecule has 0 radical (unpaired) electrons. The predicted molar refractivity (Wildman–Crippen MR) is 52.0 cm³/mol. The molecule has 1 aliphatic heterocycles. The van der Waals surface area contributed by atoms with Gasteiger partial charge < -0.3 is 5.73 Å². The normalized spacial score (nSPS) is 19.0. The standard InChI is InChI=1S/C8H13F3N4O2/c9-8(10,11)6-1-3-14(4-2-6)15(13-17)5-7(12)16/h6H,1-5H2,(H2,12,16). The third kappa shape index (κ3) is 3.84. The minimum absolute atomic E-state index is 0.0309. The highest BCUT2D eigenvalue weighted by Gasteiger charge is 2.41. The molecule has 0 aliphatic carbocycles.